The number of hydrogen-bond acceptors (Lipinski definition) is 3. The molecule has 2 heterocycles. The molecule has 2 aromatic heterocycles. The molecule has 0 radical (unpaired) electrons. The van der Waals surface area contributed by atoms with E-state index in [0.29, 0.717) is 17.5 Å². The topological polar surface area (TPSA) is 43.6 Å². The van der Waals surface area contributed by atoms with Crippen LogP contribution in [0.25, 0.3) is 105 Å². The third-order valence-electron chi connectivity index (χ3n) is 11.0. The van der Waals surface area contributed by atoms with Crippen molar-refractivity contribution >= 4 is 43.4 Å². The van der Waals surface area contributed by atoms with Crippen LogP contribution in [0.5, 0.6) is 0 Å². The van der Waals surface area contributed by atoms with Crippen LogP contribution in [0, 0.1) is 0 Å². The van der Waals surface area contributed by atoms with Crippen LogP contribution in [0.15, 0.2) is 206 Å². The average molecular weight is 727 g/mol. The molecule has 0 amide bonds. The van der Waals surface area contributed by atoms with Crippen LogP contribution in [-0.2, 0) is 0 Å². The molecule has 0 unspecified atom stereocenters. The number of rotatable bonds is 6. The first kappa shape index (κ1) is 32.7. The minimum Gasteiger partial charge on any atom is -0.309 e. The van der Waals surface area contributed by atoms with Gasteiger partial charge in [0.1, 0.15) is 0 Å². The van der Waals surface area contributed by atoms with Gasteiger partial charge in [0.15, 0.2) is 17.5 Å². The van der Waals surface area contributed by atoms with Crippen molar-refractivity contribution in [3.63, 3.8) is 0 Å². The Balaban J connectivity index is 1.21. The summed E-state index contributed by atoms with van der Waals surface area (Å²) in [6.45, 7) is 0. The number of fused-ring (bicyclic) bond motifs is 5. The molecule has 0 saturated heterocycles. The van der Waals surface area contributed by atoms with Gasteiger partial charge in [-0.1, -0.05) is 170 Å². The zero-order valence-corrected chi connectivity index (χ0v) is 30.9. The van der Waals surface area contributed by atoms with Crippen molar-refractivity contribution in [2.75, 3.05) is 0 Å². The van der Waals surface area contributed by atoms with Gasteiger partial charge in [-0.3, -0.25) is 0 Å². The Hall–Kier alpha value is -7.69. The zero-order chi connectivity index (χ0) is 37.7. The van der Waals surface area contributed by atoms with Crippen molar-refractivity contribution in [2.45, 2.75) is 0 Å². The minimum absolute atomic E-state index is 0.615. The molecule has 4 nitrogen and oxygen atoms in total. The number of para-hydroxylation sites is 1. The summed E-state index contributed by atoms with van der Waals surface area (Å²) < 4.78 is 2.40. The fourth-order valence-electron chi connectivity index (χ4n) is 8.36. The molecule has 0 aliphatic heterocycles. The Morgan fingerprint density at radius 3 is 1.63 bits per heavy atom. The maximum atomic E-state index is 5.34. The van der Waals surface area contributed by atoms with Gasteiger partial charge in [0.05, 0.1) is 11.0 Å². The smallest absolute Gasteiger partial charge is 0.164 e. The molecule has 11 aromatic rings. The zero-order valence-electron chi connectivity index (χ0n) is 30.9. The molecular weight excluding hydrogens is 693 g/mol. The van der Waals surface area contributed by atoms with E-state index in [2.05, 4.69) is 193 Å². The Morgan fingerprint density at radius 1 is 0.281 bits per heavy atom. The third kappa shape index (κ3) is 5.66. The maximum Gasteiger partial charge on any atom is 0.164 e. The summed E-state index contributed by atoms with van der Waals surface area (Å²) >= 11 is 0. The highest BCUT2D eigenvalue weighted by atomic mass is 15.0. The molecular formula is C53H34N4. The first-order valence-corrected chi connectivity index (χ1v) is 19.3. The predicted molar refractivity (Wildman–Crippen MR) is 236 cm³/mol. The highest BCUT2D eigenvalue weighted by molar-refractivity contribution is 6.13. The maximum absolute atomic E-state index is 5.34. The highest BCUT2D eigenvalue weighted by Crippen LogP contribution is 2.42. The van der Waals surface area contributed by atoms with Gasteiger partial charge in [-0.25, -0.2) is 15.0 Å². The van der Waals surface area contributed by atoms with E-state index < -0.39 is 0 Å². The Kier molecular flexibility index (Phi) is 7.78. The largest absolute Gasteiger partial charge is 0.309 e. The van der Waals surface area contributed by atoms with E-state index in [0.717, 1.165) is 66.4 Å². The molecule has 0 bridgehead atoms. The first-order valence-electron chi connectivity index (χ1n) is 19.3. The van der Waals surface area contributed by atoms with Crippen molar-refractivity contribution in [2.24, 2.45) is 0 Å². The van der Waals surface area contributed by atoms with E-state index in [1.54, 1.807) is 0 Å². The van der Waals surface area contributed by atoms with Crippen molar-refractivity contribution in [3.05, 3.63) is 206 Å². The lowest BCUT2D eigenvalue weighted by atomic mass is 9.91. The van der Waals surface area contributed by atoms with Crippen LogP contribution in [0.4, 0.5) is 0 Å². The van der Waals surface area contributed by atoms with Crippen molar-refractivity contribution in [1.82, 2.24) is 19.5 Å². The normalized spacial score (nSPS) is 11.5. The van der Waals surface area contributed by atoms with E-state index >= 15 is 0 Å². The van der Waals surface area contributed by atoms with Gasteiger partial charge in [-0.15, -0.1) is 0 Å². The molecule has 266 valence electrons. The molecule has 0 spiro atoms. The highest BCUT2D eigenvalue weighted by Gasteiger charge is 2.21. The lowest BCUT2D eigenvalue weighted by molar-refractivity contribution is 1.08. The number of nitrogens with zero attached hydrogens (tertiary/aromatic N) is 4. The van der Waals surface area contributed by atoms with Crippen molar-refractivity contribution in [3.8, 4) is 62.1 Å². The number of aromatic nitrogens is 4. The molecule has 0 N–H and O–H groups in total. The summed E-state index contributed by atoms with van der Waals surface area (Å²) in [5.41, 5.74) is 10.6. The molecule has 0 saturated carbocycles. The predicted octanol–water partition coefficient (Wildman–Crippen LogP) is 13.6. The minimum atomic E-state index is 0.615. The van der Waals surface area contributed by atoms with Crippen LogP contribution >= 0.6 is 0 Å². The molecule has 9 aromatic carbocycles. The van der Waals surface area contributed by atoms with Crippen LogP contribution in [0.2, 0.25) is 0 Å². The first-order chi connectivity index (χ1) is 28.3. The Labute approximate surface area is 330 Å². The van der Waals surface area contributed by atoms with Gasteiger partial charge in [-0.05, 0) is 80.2 Å². The van der Waals surface area contributed by atoms with Crippen molar-refractivity contribution in [1.29, 1.82) is 0 Å². The number of hydrogen-bond donors (Lipinski definition) is 0. The fourth-order valence-corrected chi connectivity index (χ4v) is 8.36. The molecule has 0 aliphatic rings. The molecule has 57 heavy (non-hydrogen) atoms. The number of benzene rings is 9. The van der Waals surface area contributed by atoms with Gasteiger partial charge in [0, 0.05) is 33.2 Å². The molecule has 0 atom stereocenters. The van der Waals surface area contributed by atoms with E-state index in [-0.39, 0.29) is 0 Å². The SMILES string of the molecule is c1ccc(-c2nc(-c3ccc(-n4c5ccccc5c5cc6ccccc6cc54)cc3-c3ccccc3-c3ccccc3)nc(-c3cccc4ccccc34)n2)cc1. The van der Waals surface area contributed by atoms with Gasteiger partial charge >= 0.3 is 0 Å². The van der Waals surface area contributed by atoms with E-state index in [1.165, 1.54) is 21.5 Å². The quantitative estimate of drug-likeness (QED) is 0.171. The van der Waals surface area contributed by atoms with Crippen LogP contribution in [0.1, 0.15) is 0 Å². The second-order valence-electron chi connectivity index (χ2n) is 14.4. The summed E-state index contributed by atoms with van der Waals surface area (Å²) in [4.78, 5) is 15.7. The van der Waals surface area contributed by atoms with Gasteiger partial charge in [-0.2, -0.15) is 0 Å². The molecule has 4 heteroatoms. The Bertz CT molecular complexity index is 3290. The summed E-state index contributed by atoms with van der Waals surface area (Å²) in [5.74, 6) is 1.88. The summed E-state index contributed by atoms with van der Waals surface area (Å²) in [7, 11) is 0. The summed E-state index contributed by atoms with van der Waals surface area (Å²) in [6.07, 6.45) is 0. The monoisotopic (exact) mass is 726 g/mol. The Morgan fingerprint density at radius 2 is 0.842 bits per heavy atom. The summed E-state index contributed by atoms with van der Waals surface area (Å²) in [5, 5.41) is 7.12. The lowest BCUT2D eigenvalue weighted by Gasteiger charge is -2.18. The van der Waals surface area contributed by atoms with Crippen LogP contribution in [-0.4, -0.2) is 19.5 Å². The molecule has 11 rings (SSSR count). The van der Waals surface area contributed by atoms with E-state index in [1.807, 2.05) is 18.2 Å². The van der Waals surface area contributed by atoms with Gasteiger partial charge in [0.2, 0.25) is 0 Å². The standard InChI is InChI=1S/C53H34N4/c1-3-16-35(17-4-1)41-24-11-12-26-43(41)47-34-40(57-49-29-14-13-27-44(49)48-32-38-21-7-8-22-39(38)33-50(48)57)30-31-46(47)53-55-51(37-19-5-2-6-20-37)54-52(56-53)45-28-15-23-36-18-9-10-25-42(36)45/h1-34H. The summed E-state index contributed by atoms with van der Waals surface area (Å²) in [6, 6.07) is 72.9. The fraction of sp³-hybridized carbons (Fsp3) is 0. The average Bonchev–Trinajstić information content (AvgIpc) is 3.61. The van der Waals surface area contributed by atoms with Crippen LogP contribution < -0.4 is 0 Å². The second-order valence-corrected chi connectivity index (χ2v) is 14.4. The lowest BCUT2D eigenvalue weighted by Crippen LogP contribution is -2.03. The van der Waals surface area contributed by atoms with Gasteiger partial charge in [0.25, 0.3) is 0 Å². The van der Waals surface area contributed by atoms with E-state index in [9.17, 15) is 0 Å². The van der Waals surface area contributed by atoms with E-state index in [4.69, 9.17) is 15.0 Å². The van der Waals surface area contributed by atoms with Crippen LogP contribution in [0.3, 0.4) is 0 Å². The molecule has 0 fully saturated rings. The third-order valence-corrected chi connectivity index (χ3v) is 11.0. The second kappa shape index (κ2) is 13.6. The molecule has 0 aliphatic carbocycles. The van der Waals surface area contributed by atoms with Crippen molar-refractivity contribution < 1.29 is 0 Å². The van der Waals surface area contributed by atoms with Gasteiger partial charge < -0.3 is 4.57 Å².